The summed E-state index contributed by atoms with van der Waals surface area (Å²) < 4.78 is 6.02. The monoisotopic (exact) mass is 360 g/mol. The van der Waals surface area contributed by atoms with Crippen LogP contribution >= 0.6 is 11.8 Å². The van der Waals surface area contributed by atoms with Crippen molar-refractivity contribution in [2.75, 3.05) is 0 Å². The molecule has 3 rings (SSSR count). The van der Waals surface area contributed by atoms with Crippen molar-refractivity contribution in [3.05, 3.63) is 82.5 Å². The van der Waals surface area contributed by atoms with Gasteiger partial charge in [-0.15, -0.1) is 11.8 Å². The maximum atomic E-state index is 9.53. The Bertz CT molecular complexity index is 962. The molecule has 0 radical (unpaired) electrons. The lowest BCUT2D eigenvalue weighted by Crippen LogP contribution is -1.99. The molecule has 0 aliphatic carbocycles. The highest BCUT2D eigenvalue weighted by Crippen LogP contribution is 2.33. The molecule has 0 N–H and O–H groups in total. The zero-order valence-corrected chi connectivity index (χ0v) is 15.9. The van der Waals surface area contributed by atoms with E-state index in [0.29, 0.717) is 11.3 Å². The number of hydrogen-bond donors (Lipinski definition) is 0. The second kappa shape index (κ2) is 8.07. The zero-order chi connectivity index (χ0) is 18.5. The first-order chi connectivity index (χ1) is 12.6. The number of aromatic nitrogens is 1. The van der Waals surface area contributed by atoms with E-state index in [0.717, 1.165) is 38.9 Å². The predicted molar refractivity (Wildman–Crippen MR) is 106 cm³/mol. The fraction of sp³-hybridized carbons (Fsp3) is 0.182. The van der Waals surface area contributed by atoms with Gasteiger partial charge in [-0.2, -0.15) is 5.26 Å². The molecule has 3 nitrogen and oxygen atoms in total. The third kappa shape index (κ3) is 3.89. The number of aryl methyl sites for hydroxylation is 1. The maximum Gasteiger partial charge on any atom is 0.131 e. The summed E-state index contributed by atoms with van der Waals surface area (Å²) in [6, 6.07) is 20.0. The third-order valence-corrected chi connectivity index (χ3v) is 5.41. The molecular weight excluding hydrogens is 340 g/mol. The van der Waals surface area contributed by atoms with Gasteiger partial charge < -0.3 is 4.74 Å². The van der Waals surface area contributed by atoms with E-state index in [9.17, 15) is 5.26 Å². The van der Waals surface area contributed by atoms with Crippen molar-refractivity contribution in [3.8, 4) is 17.6 Å². The standard InChI is InChI=1S/C22H20N2OS/c1-15-16(2)20(13-23)22(24-17(15)3)26-14-18-9-7-8-12-21(18)25-19-10-5-4-6-11-19/h4-12H,14H2,1-3H3. The third-order valence-electron chi connectivity index (χ3n) is 4.38. The first-order valence-electron chi connectivity index (χ1n) is 8.41. The van der Waals surface area contributed by atoms with Gasteiger partial charge in [-0.3, -0.25) is 0 Å². The Labute approximate surface area is 158 Å². The van der Waals surface area contributed by atoms with E-state index in [1.54, 1.807) is 11.8 Å². The molecule has 4 heteroatoms. The van der Waals surface area contributed by atoms with Gasteiger partial charge in [-0.25, -0.2) is 4.98 Å². The number of nitriles is 1. The van der Waals surface area contributed by atoms with Gasteiger partial charge in [0.05, 0.1) is 5.56 Å². The van der Waals surface area contributed by atoms with E-state index in [4.69, 9.17) is 4.74 Å². The Hall–Kier alpha value is -2.77. The van der Waals surface area contributed by atoms with Gasteiger partial charge in [0.15, 0.2) is 0 Å². The van der Waals surface area contributed by atoms with Crippen LogP contribution in [0, 0.1) is 32.1 Å². The summed E-state index contributed by atoms with van der Waals surface area (Å²) in [7, 11) is 0. The molecule has 130 valence electrons. The molecule has 0 saturated heterocycles. The van der Waals surface area contributed by atoms with Crippen LogP contribution in [0.15, 0.2) is 59.6 Å². The lowest BCUT2D eigenvalue weighted by molar-refractivity contribution is 0.478. The van der Waals surface area contributed by atoms with Gasteiger partial charge in [-0.05, 0) is 50.1 Å². The van der Waals surface area contributed by atoms with E-state index >= 15 is 0 Å². The summed E-state index contributed by atoms with van der Waals surface area (Å²) in [6.45, 7) is 5.98. The number of pyridine rings is 1. The van der Waals surface area contributed by atoms with Crippen molar-refractivity contribution in [3.63, 3.8) is 0 Å². The number of hydrogen-bond acceptors (Lipinski definition) is 4. The Balaban J connectivity index is 1.84. The molecule has 2 aromatic carbocycles. The molecule has 0 atom stereocenters. The van der Waals surface area contributed by atoms with E-state index in [1.807, 2.05) is 75.4 Å². The van der Waals surface area contributed by atoms with E-state index in [2.05, 4.69) is 11.1 Å². The summed E-state index contributed by atoms with van der Waals surface area (Å²) in [5, 5.41) is 10.3. The van der Waals surface area contributed by atoms with Crippen LogP contribution in [0.4, 0.5) is 0 Å². The first-order valence-corrected chi connectivity index (χ1v) is 9.40. The summed E-state index contributed by atoms with van der Waals surface area (Å²) in [5.74, 6) is 2.32. The van der Waals surface area contributed by atoms with Gasteiger partial charge in [-0.1, -0.05) is 36.4 Å². The normalized spacial score (nSPS) is 10.4. The number of para-hydroxylation sites is 2. The van der Waals surface area contributed by atoms with Gasteiger partial charge in [0.25, 0.3) is 0 Å². The van der Waals surface area contributed by atoms with Crippen LogP contribution in [0.2, 0.25) is 0 Å². The summed E-state index contributed by atoms with van der Waals surface area (Å²) in [4.78, 5) is 4.63. The van der Waals surface area contributed by atoms with Crippen molar-refractivity contribution >= 4 is 11.8 Å². The topological polar surface area (TPSA) is 45.9 Å². The average molecular weight is 360 g/mol. The molecule has 3 aromatic rings. The molecule has 1 heterocycles. The SMILES string of the molecule is Cc1nc(SCc2ccccc2Oc2ccccc2)c(C#N)c(C)c1C. The van der Waals surface area contributed by atoms with Crippen LogP contribution in [-0.4, -0.2) is 4.98 Å². The molecule has 0 fully saturated rings. The second-order valence-corrected chi connectivity index (χ2v) is 7.01. The van der Waals surface area contributed by atoms with Gasteiger partial charge in [0.1, 0.15) is 22.6 Å². The quantitative estimate of drug-likeness (QED) is 0.526. The highest BCUT2D eigenvalue weighted by atomic mass is 32.2. The van der Waals surface area contributed by atoms with Gasteiger partial charge >= 0.3 is 0 Å². The Morgan fingerprint density at radius 2 is 1.65 bits per heavy atom. The van der Waals surface area contributed by atoms with Crippen molar-refractivity contribution in [2.45, 2.75) is 31.6 Å². The lowest BCUT2D eigenvalue weighted by Gasteiger charge is -2.13. The Kier molecular flexibility index (Phi) is 5.60. The lowest BCUT2D eigenvalue weighted by atomic mass is 10.1. The second-order valence-electron chi connectivity index (χ2n) is 6.05. The van der Waals surface area contributed by atoms with Crippen LogP contribution in [-0.2, 0) is 5.75 Å². The highest BCUT2D eigenvalue weighted by Gasteiger charge is 2.14. The highest BCUT2D eigenvalue weighted by molar-refractivity contribution is 7.98. The molecule has 0 aliphatic rings. The number of nitrogens with zero attached hydrogens (tertiary/aromatic N) is 2. The fourth-order valence-corrected chi connectivity index (χ4v) is 3.71. The van der Waals surface area contributed by atoms with Crippen LogP contribution in [0.5, 0.6) is 11.5 Å². The van der Waals surface area contributed by atoms with Crippen molar-refractivity contribution < 1.29 is 4.74 Å². The van der Waals surface area contributed by atoms with Crippen LogP contribution in [0.1, 0.15) is 27.9 Å². The molecule has 0 bridgehead atoms. The minimum absolute atomic E-state index is 0.666. The van der Waals surface area contributed by atoms with Crippen molar-refractivity contribution in [1.82, 2.24) is 4.98 Å². The minimum Gasteiger partial charge on any atom is -0.457 e. The van der Waals surface area contributed by atoms with Gasteiger partial charge in [0.2, 0.25) is 0 Å². The smallest absolute Gasteiger partial charge is 0.131 e. The molecule has 0 saturated carbocycles. The molecule has 0 amide bonds. The summed E-state index contributed by atoms with van der Waals surface area (Å²) >= 11 is 1.57. The van der Waals surface area contributed by atoms with Crippen LogP contribution in [0.3, 0.4) is 0 Å². The number of thioether (sulfide) groups is 1. The minimum atomic E-state index is 0.666. The molecule has 0 unspecified atom stereocenters. The molecule has 0 spiro atoms. The van der Waals surface area contributed by atoms with Gasteiger partial charge in [0, 0.05) is 17.0 Å². The molecule has 0 aliphatic heterocycles. The largest absolute Gasteiger partial charge is 0.457 e. The Morgan fingerprint density at radius 3 is 2.38 bits per heavy atom. The fourth-order valence-electron chi connectivity index (χ4n) is 2.63. The van der Waals surface area contributed by atoms with E-state index in [-0.39, 0.29) is 0 Å². The molecule has 1 aromatic heterocycles. The summed E-state index contributed by atoms with van der Waals surface area (Å²) in [5.41, 5.74) is 4.80. The first kappa shape index (κ1) is 18.0. The summed E-state index contributed by atoms with van der Waals surface area (Å²) in [6.07, 6.45) is 0. The van der Waals surface area contributed by atoms with Crippen LogP contribution < -0.4 is 4.74 Å². The maximum absolute atomic E-state index is 9.53. The predicted octanol–water partition coefficient (Wildman–Crippen LogP) is 5.96. The zero-order valence-electron chi connectivity index (χ0n) is 15.1. The molecule has 26 heavy (non-hydrogen) atoms. The number of rotatable bonds is 5. The Morgan fingerprint density at radius 1 is 0.962 bits per heavy atom. The van der Waals surface area contributed by atoms with E-state index < -0.39 is 0 Å². The van der Waals surface area contributed by atoms with Crippen molar-refractivity contribution in [1.29, 1.82) is 5.26 Å². The average Bonchev–Trinajstić information content (AvgIpc) is 2.66. The van der Waals surface area contributed by atoms with E-state index in [1.165, 1.54) is 0 Å². The number of ether oxygens (including phenoxy) is 1. The van der Waals surface area contributed by atoms with Crippen LogP contribution in [0.25, 0.3) is 0 Å². The number of benzene rings is 2. The van der Waals surface area contributed by atoms with Crippen molar-refractivity contribution in [2.24, 2.45) is 0 Å². The molecular formula is C22H20N2OS.